The molecular weight excluding hydrogens is 380 g/mol. The van der Waals surface area contributed by atoms with E-state index in [1.807, 2.05) is 35.5 Å². The van der Waals surface area contributed by atoms with Gasteiger partial charge in [-0.2, -0.15) is 5.10 Å². The summed E-state index contributed by atoms with van der Waals surface area (Å²) in [4.78, 5) is 22.6. The van der Waals surface area contributed by atoms with Gasteiger partial charge >= 0.3 is 0 Å². The van der Waals surface area contributed by atoms with Crippen molar-refractivity contribution in [2.75, 3.05) is 62.3 Å². The van der Waals surface area contributed by atoms with Gasteiger partial charge in [-0.1, -0.05) is 18.2 Å². The van der Waals surface area contributed by atoms with Crippen molar-refractivity contribution in [3.63, 3.8) is 0 Å². The number of aromatic nitrogens is 3. The molecular formula is C22H26N6O2. The Hall–Kier alpha value is -3.13. The molecule has 1 aromatic carbocycles. The fourth-order valence-corrected chi connectivity index (χ4v) is 4.23. The maximum Gasteiger partial charge on any atom is 0.227 e. The van der Waals surface area contributed by atoms with Gasteiger partial charge in [0.2, 0.25) is 5.91 Å². The van der Waals surface area contributed by atoms with Crippen LogP contribution in [0.1, 0.15) is 5.56 Å². The summed E-state index contributed by atoms with van der Waals surface area (Å²) in [7, 11) is 0. The molecule has 2 saturated heterocycles. The Morgan fingerprint density at radius 3 is 2.67 bits per heavy atom. The molecule has 2 aliphatic heterocycles. The van der Waals surface area contributed by atoms with Gasteiger partial charge in [-0.25, -0.2) is 0 Å². The van der Waals surface area contributed by atoms with Gasteiger partial charge in [-0.3, -0.25) is 4.79 Å². The summed E-state index contributed by atoms with van der Waals surface area (Å²) in [6.07, 6.45) is 4.19. The Balaban J connectivity index is 1.20. The molecule has 2 fully saturated rings. The van der Waals surface area contributed by atoms with Gasteiger partial charge in [0, 0.05) is 62.4 Å². The number of benzene rings is 1. The average molecular weight is 406 g/mol. The highest BCUT2D eigenvalue weighted by Crippen LogP contribution is 2.22. The lowest BCUT2D eigenvalue weighted by molar-refractivity contribution is -0.130. The lowest BCUT2D eigenvalue weighted by atomic mass is 10.1. The monoisotopic (exact) mass is 406 g/mol. The molecule has 0 unspecified atom stereocenters. The Bertz CT molecular complexity index is 1020. The average Bonchev–Trinajstić information content (AvgIpc) is 3.23. The van der Waals surface area contributed by atoms with Crippen LogP contribution in [0.15, 0.2) is 42.7 Å². The number of ether oxygens (including phenoxy) is 1. The SMILES string of the molecule is O=C(Cc1c[nH]c2ccccc12)N1CCN(c2cc(N3CCOCC3)cnn2)CC1. The van der Waals surface area contributed by atoms with E-state index < -0.39 is 0 Å². The number of hydrogen-bond donors (Lipinski definition) is 1. The molecule has 0 atom stereocenters. The number of hydrogen-bond acceptors (Lipinski definition) is 6. The van der Waals surface area contributed by atoms with E-state index in [9.17, 15) is 4.79 Å². The van der Waals surface area contributed by atoms with Crippen LogP contribution in [0.4, 0.5) is 11.5 Å². The second-order valence-electron chi connectivity index (χ2n) is 7.78. The van der Waals surface area contributed by atoms with Crippen LogP contribution in [-0.4, -0.2) is 78.5 Å². The van der Waals surface area contributed by atoms with Crippen molar-refractivity contribution in [2.24, 2.45) is 0 Å². The van der Waals surface area contributed by atoms with E-state index >= 15 is 0 Å². The van der Waals surface area contributed by atoms with Crippen molar-refractivity contribution >= 4 is 28.3 Å². The van der Waals surface area contributed by atoms with Crippen LogP contribution < -0.4 is 9.80 Å². The summed E-state index contributed by atoms with van der Waals surface area (Å²) in [5.41, 5.74) is 3.21. The Morgan fingerprint density at radius 2 is 1.83 bits per heavy atom. The van der Waals surface area contributed by atoms with Gasteiger partial charge < -0.3 is 24.4 Å². The fourth-order valence-electron chi connectivity index (χ4n) is 4.23. The number of H-pyrrole nitrogens is 1. The summed E-state index contributed by atoms with van der Waals surface area (Å²) in [6, 6.07) is 10.2. The highest BCUT2D eigenvalue weighted by Gasteiger charge is 2.23. The second-order valence-corrected chi connectivity index (χ2v) is 7.78. The first-order valence-corrected chi connectivity index (χ1v) is 10.5. The summed E-state index contributed by atoms with van der Waals surface area (Å²) < 4.78 is 5.44. The van der Waals surface area contributed by atoms with E-state index in [1.165, 1.54) is 0 Å². The van der Waals surface area contributed by atoms with E-state index in [2.05, 4.69) is 37.1 Å². The Morgan fingerprint density at radius 1 is 1.03 bits per heavy atom. The van der Waals surface area contributed by atoms with Crippen molar-refractivity contribution in [1.29, 1.82) is 0 Å². The van der Waals surface area contributed by atoms with E-state index in [-0.39, 0.29) is 5.91 Å². The minimum Gasteiger partial charge on any atom is -0.378 e. The topological polar surface area (TPSA) is 77.6 Å². The van der Waals surface area contributed by atoms with Gasteiger partial charge in [-0.05, 0) is 11.6 Å². The van der Waals surface area contributed by atoms with Crippen molar-refractivity contribution in [1.82, 2.24) is 20.1 Å². The molecule has 0 saturated carbocycles. The first-order chi connectivity index (χ1) is 14.8. The quantitative estimate of drug-likeness (QED) is 0.711. The number of amides is 1. The predicted octanol–water partition coefficient (Wildman–Crippen LogP) is 1.69. The molecule has 8 nitrogen and oxygen atoms in total. The largest absolute Gasteiger partial charge is 0.378 e. The van der Waals surface area contributed by atoms with E-state index in [0.29, 0.717) is 19.5 Å². The number of para-hydroxylation sites is 1. The minimum absolute atomic E-state index is 0.174. The lowest BCUT2D eigenvalue weighted by Gasteiger charge is -2.36. The molecule has 0 radical (unpaired) electrons. The lowest BCUT2D eigenvalue weighted by Crippen LogP contribution is -2.49. The van der Waals surface area contributed by atoms with Gasteiger partial charge in [-0.15, -0.1) is 5.10 Å². The Labute approximate surface area is 175 Å². The third-order valence-corrected chi connectivity index (χ3v) is 5.98. The summed E-state index contributed by atoms with van der Waals surface area (Å²) in [5.74, 6) is 1.05. The molecule has 3 aromatic rings. The number of nitrogens with zero attached hydrogens (tertiary/aromatic N) is 5. The van der Waals surface area contributed by atoms with Crippen LogP contribution in [0.25, 0.3) is 10.9 Å². The van der Waals surface area contributed by atoms with E-state index in [4.69, 9.17) is 4.74 Å². The fraction of sp³-hybridized carbons (Fsp3) is 0.409. The van der Waals surface area contributed by atoms with Crippen LogP contribution in [0.3, 0.4) is 0 Å². The zero-order chi connectivity index (χ0) is 20.3. The standard InChI is InChI=1S/C22H26N6O2/c29-22(13-17-15-23-20-4-2-1-3-19(17)20)28-7-5-27(6-8-28)21-14-18(16-24-25-21)26-9-11-30-12-10-26/h1-4,14-16,23H,5-13H2. The third kappa shape index (κ3) is 3.82. The maximum atomic E-state index is 12.9. The molecule has 8 heteroatoms. The third-order valence-electron chi connectivity index (χ3n) is 5.98. The molecule has 0 aliphatic carbocycles. The highest BCUT2D eigenvalue weighted by atomic mass is 16.5. The number of anilines is 2. The van der Waals surface area contributed by atoms with E-state index in [0.717, 1.165) is 67.4 Å². The molecule has 2 aromatic heterocycles. The predicted molar refractivity (Wildman–Crippen MR) is 116 cm³/mol. The number of rotatable bonds is 4. The molecule has 2 aliphatic rings. The maximum absolute atomic E-state index is 12.9. The van der Waals surface area contributed by atoms with Crippen LogP contribution in [0, 0.1) is 0 Å². The molecule has 0 bridgehead atoms. The molecule has 4 heterocycles. The Kier molecular flexibility index (Phi) is 5.23. The molecule has 0 spiro atoms. The number of piperazine rings is 1. The van der Waals surface area contributed by atoms with Gasteiger partial charge in [0.05, 0.1) is 31.5 Å². The van der Waals surface area contributed by atoms with Gasteiger partial charge in [0.15, 0.2) is 5.82 Å². The molecule has 1 amide bonds. The highest BCUT2D eigenvalue weighted by molar-refractivity contribution is 5.89. The smallest absolute Gasteiger partial charge is 0.227 e. The van der Waals surface area contributed by atoms with Crippen molar-refractivity contribution in [3.8, 4) is 0 Å². The zero-order valence-corrected chi connectivity index (χ0v) is 17.0. The molecule has 5 rings (SSSR count). The number of morpholine rings is 1. The van der Waals surface area contributed by atoms with Gasteiger partial charge in [0.25, 0.3) is 0 Å². The van der Waals surface area contributed by atoms with Gasteiger partial charge in [0.1, 0.15) is 0 Å². The van der Waals surface area contributed by atoms with Crippen molar-refractivity contribution in [2.45, 2.75) is 6.42 Å². The first kappa shape index (κ1) is 18.9. The minimum atomic E-state index is 0.174. The first-order valence-electron chi connectivity index (χ1n) is 10.5. The second kappa shape index (κ2) is 8.31. The number of aromatic amines is 1. The molecule has 30 heavy (non-hydrogen) atoms. The number of nitrogens with one attached hydrogen (secondary N) is 1. The molecule has 156 valence electrons. The number of fused-ring (bicyclic) bond motifs is 1. The molecule has 1 N–H and O–H groups in total. The van der Waals surface area contributed by atoms with Crippen LogP contribution in [0.2, 0.25) is 0 Å². The summed E-state index contributed by atoms with van der Waals surface area (Å²) >= 11 is 0. The van der Waals surface area contributed by atoms with Crippen LogP contribution >= 0.6 is 0 Å². The normalized spacial score (nSPS) is 17.5. The summed E-state index contributed by atoms with van der Waals surface area (Å²) in [6.45, 7) is 6.17. The number of carbonyl (C=O) groups is 1. The van der Waals surface area contributed by atoms with Crippen molar-refractivity contribution < 1.29 is 9.53 Å². The van der Waals surface area contributed by atoms with Crippen LogP contribution in [0.5, 0.6) is 0 Å². The van der Waals surface area contributed by atoms with E-state index in [1.54, 1.807) is 0 Å². The zero-order valence-electron chi connectivity index (χ0n) is 17.0. The summed E-state index contributed by atoms with van der Waals surface area (Å²) in [5, 5.41) is 9.67. The number of carbonyl (C=O) groups excluding carboxylic acids is 1. The van der Waals surface area contributed by atoms with Crippen LogP contribution in [-0.2, 0) is 16.0 Å². The van der Waals surface area contributed by atoms with Crippen molar-refractivity contribution in [3.05, 3.63) is 48.3 Å².